The summed E-state index contributed by atoms with van der Waals surface area (Å²) in [5, 5.41) is 20.5. The molecule has 0 amide bonds. The van der Waals surface area contributed by atoms with Crippen molar-refractivity contribution in [3.05, 3.63) is 23.3 Å². The highest BCUT2D eigenvalue weighted by molar-refractivity contribution is 5.48. The molecule has 2 N–H and O–H groups in total. The Balaban J connectivity index is 2.42. The molecule has 106 valence electrons. The van der Waals surface area contributed by atoms with E-state index in [1.54, 1.807) is 12.1 Å². The number of hydrogen-bond donors (Lipinski definition) is 2. The highest BCUT2D eigenvalue weighted by Crippen LogP contribution is 2.49. The van der Waals surface area contributed by atoms with E-state index >= 15 is 0 Å². The lowest BCUT2D eigenvalue weighted by Gasteiger charge is -2.38. The van der Waals surface area contributed by atoms with Crippen molar-refractivity contribution in [1.82, 2.24) is 0 Å². The van der Waals surface area contributed by atoms with Crippen LogP contribution in [0.3, 0.4) is 0 Å². The van der Waals surface area contributed by atoms with Gasteiger partial charge in [-0.25, -0.2) is 0 Å². The van der Waals surface area contributed by atoms with Gasteiger partial charge in [0, 0.05) is 5.56 Å². The topological polar surface area (TPSA) is 40.5 Å². The normalized spacial score (nSPS) is 27.7. The third-order valence-corrected chi connectivity index (χ3v) is 4.67. The van der Waals surface area contributed by atoms with Gasteiger partial charge >= 0.3 is 0 Å². The molecule has 0 spiro atoms. The zero-order chi connectivity index (χ0) is 14.2. The summed E-state index contributed by atoms with van der Waals surface area (Å²) in [6, 6.07) is 3.54. The van der Waals surface area contributed by atoms with Crippen molar-refractivity contribution >= 4 is 0 Å². The van der Waals surface area contributed by atoms with Gasteiger partial charge in [0.2, 0.25) is 0 Å². The van der Waals surface area contributed by atoms with Crippen LogP contribution in [0.25, 0.3) is 0 Å². The number of benzene rings is 1. The summed E-state index contributed by atoms with van der Waals surface area (Å²) in [5.74, 6) is 2.61. The molecule has 2 rings (SSSR count). The molecule has 3 atom stereocenters. The number of aryl methyl sites for hydroxylation is 1. The van der Waals surface area contributed by atoms with Gasteiger partial charge in [0.25, 0.3) is 0 Å². The first-order valence-electron chi connectivity index (χ1n) is 7.42. The Kier molecular flexibility index (Phi) is 4.07. The van der Waals surface area contributed by atoms with E-state index in [1.807, 2.05) is 6.92 Å². The van der Waals surface area contributed by atoms with Crippen molar-refractivity contribution in [3.8, 4) is 11.5 Å². The van der Waals surface area contributed by atoms with Crippen LogP contribution in [0.1, 0.15) is 57.1 Å². The third-order valence-electron chi connectivity index (χ3n) is 4.67. The number of hydrogen-bond acceptors (Lipinski definition) is 2. The van der Waals surface area contributed by atoms with E-state index in [1.165, 1.54) is 12.8 Å². The van der Waals surface area contributed by atoms with E-state index in [0.717, 1.165) is 17.5 Å². The minimum atomic E-state index is 0.266. The zero-order valence-corrected chi connectivity index (χ0v) is 12.5. The third kappa shape index (κ3) is 2.88. The molecule has 1 aliphatic rings. The van der Waals surface area contributed by atoms with Gasteiger partial charge in [-0.15, -0.1) is 0 Å². The van der Waals surface area contributed by atoms with Crippen molar-refractivity contribution < 1.29 is 10.2 Å². The largest absolute Gasteiger partial charge is 0.508 e. The molecule has 0 heterocycles. The minimum Gasteiger partial charge on any atom is -0.508 e. The average Bonchev–Trinajstić information content (AvgIpc) is 2.27. The van der Waals surface area contributed by atoms with Crippen LogP contribution < -0.4 is 0 Å². The lowest BCUT2D eigenvalue weighted by molar-refractivity contribution is 0.192. The predicted molar refractivity (Wildman–Crippen MR) is 78.6 cm³/mol. The van der Waals surface area contributed by atoms with Crippen molar-refractivity contribution in [2.75, 3.05) is 0 Å². The molecule has 1 fully saturated rings. The number of phenolic OH excluding ortho intramolecular Hbond substituents is 2. The van der Waals surface area contributed by atoms with Crippen molar-refractivity contribution in [2.24, 2.45) is 17.8 Å². The minimum absolute atomic E-state index is 0.266. The molecule has 1 aromatic rings. The Labute approximate surface area is 116 Å². The van der Waals surface area contributed by atoms with Gasteiger partial charge in [0.15, 0.2) is 0 Å². The number of phenols is 2. The molecule has 1 aliphatic carbocycles. The van der Waals surface area contributed by atoms with Gasteiger partial charge < -0.3 is 10.2 Å². The first-order chi connectivity index (χ1) is 8.90. The van der Waals surface area contributed by atoms with Crippen LogP contribution in [0.4, 0.5) is 0 Å². The summed E-state index contributed by atoms with van der Waals surface area (Å²) >= 11 is 0. The van der Waals surface area contributed by atoms with Crippen LogP contribution in [-0.4, -0.2) is 10.2 Å². The SMILES string of the molecule is Cc1cc(O)c(C2CC(C)CCC2C(C)C)c(O)c1. The van der Waals surface area contributed by atoms with Gasteiger partial charge in [-0.05, 0) is 61.1 Å². The Bertz CT molecular complexity index is 428. The van der Waals surface area contributed by atoms with Crippen LogP contribution in [0.2, 0.25) is 0 Å². The molecule has 0 radical (unpaired) electrons. The lowest BCUT2D eigenvalue weighted by atomic mass is 9.67. The second-order valence-electron chi connectivity index (χ2n) is 6.65. The molecule has 0 aromatic heterocycles. The fraction of sp³-hybridized carbons (Fsp3) is 0.647. The van der Waals surface area contributed by atoms with E-state index in [2.05, 4.69) is 20.8 Å². The first kappa shape index (κ1) is 14.2. The Morgan fingerprint density at radius 3 is 2.21 bits per heavy atom. The van der Waals surface area contributed by atoms with Gasteiger partial charge in [-0.1, -0.05) is 27.2 Å². The summed E-state index contributed by atoms with van der Waals surface area (Å²) in [5.41, 5.74) is 1.68. The molecule has 1 saturated carbocycles. The Morgan fingerprint density at radius 1 is 1.11 bits per heavy atom. The van der Waals surface area contributed by atoms with Crippen LogP contribution in [-0.2, 0) is 0 Å². The smallest absolute Gasteiger partial charge is 0.123 e. The number of rotatable bonds is 2. The average molecular weight is 262 g/mol. The van der Waals surface area contributed by atoms with E-state index in [4.69, 9.17) is 0 Å². The van der Waals surface area contributed by atoms with Crippen LogP contribution >= 0.6 is 0 Å². The molecule has 0 bridgehead atoms. The van der Waals surface area contributed by atoms with Gasteiger partial charge in [-0.3, -0.25) is 0 Å². The fourth-order valence-corrected chi connectivity index (χ4v) is 3.67. The summed E-state index contributed by atoms with van der Waals surface area (Å²) < 4.78 is 0. The molecule has 1 aromatic carbocycles. The highest BCUT2D eigenvalue weighted by Gasteiger charge is 2.34. The summed E-state index contributed by atoms with van der Waals surface area (Å²) in [6.07, 6.45) is 3.51. The van der Waals surface area contributed by atoms with E-state index in [0.29, 0.717) is 17.8 Å². The van der Waals surface area contributed by atoms with E-state index < -0.39 is 0 Å². The van der Waals surface area contributed by atoms with Gasteiger partial charge in [0.1, 0.15) is 11.5 Å². The van der Waals surface area contributed by atoms with Crippen LogP contribution in [0.15, 0.2) is 12.1 Å². The molecule has 19 heavy (non-hydrogen) atoms. The maximum absolute atomic E-state index is 10.3. The molecule has 2 heteroatoms. The molecular formula is C17H26O2. The fourth-order valence-electron chi connectivity index (χ4n) is 3.67. The second kappa shape index (κ2) is 5.44. The highest BCUT2D eigenvalue weighted by atomic mass is 16.3. The summed E-state index contributed by atoms with van der Waals surface area (Å²) in [7, 11) is 0. The molecular weight excluding hydrogens is 236 g/mol. The summed E-state index contributed by atoms with van der Waals surface area (Å²) in [4.78, 5) is 0. The monoisotopic (exact) mass is 262 g/mol. The zero-order valence-electron chi connectivity index (χ0n) is 12.5. The van der Waals surface area contributed by atoms with Crippen LogP contribution in [0, 0.1) is 24.7 Å². The molecule has 0 saturated heterocycles. The van der Waals surface area contributed by atoms with Crippen molar-refractivity contribution in [3.63, 3.8) is 0 Å². The standard InChI is InChI=1S/C17H26O2/c1-10(2)13-6-5-11(3)7-14(13)17-15(18)8-12(4)9-16(17)19/h8-11,13-14,18-19H,5-7H2,1-4H3. The molecule has 3 unspecified atom stereocenters. The van der Waals surface area contributed by atoms with Gasteiger partial charge in [0.05, 0.1) is 0 Å². The van der Waals surface area contributed by atoms with E-state index in [-0.39, 0.29) is 17.4 Å². The van der Waals surface area contributed by atoms with Crippen LogP contribution in [0.5, 0.6) is 11.5 Å². The van der Waals surface area contributed by atoms with Gasteiger partial charge in [-0.2, -0.15) is 0 Å². The lowest BCUT2D eigenvalue weighted by Crippen LogP contribution is -2.26. The molecule has 2 nitrogen and oxygen atoms in total. The number of aromatic hydroxyl groups is 2. The predicted octanol–water partition coefficient (Wildman–Crippen LogP) is 4.58. The second-order valence-corrected chi connectivity index (χ2v) is 6.65. The Morgan fingerprint density at radius 2 is 1.68 bits per heavy atom. The summed E-state index contributed by atoms with van der Waals surface area (Å²) in [6.45, 7) is 8.66. The first-order valence-corrected chi connectivity index (χ1v) is 7.42. The maximum Gasteiger partial charge on any atom is 0.123 e. The van der Waals surface area contributed by atoms with Crippen molar-refractivity contribution in [2.45, 2.75) is 52.9 Å². The molecule has 0 aliphatic heterocycles. The Hall–Kier alpha value is -1.18. The maximum atomic E-state index is 10.3. The van der Waals surface area contributed by atoms with Crippen molar-refractivity contribution in [1.29, 1.82) is 0 Å². The quantitative estimate of drug-likeness (QED) is 0.819. The van der Waals surface area contributed by atoms with E-state index in [9.17, 15) is 10.2 Å².